The van der Waals surface area contributed by atoms with Gasteiger partial charge in [0.1, 0.15) is 5.69 Å². The maximum absolute atomic E-state index is 10.7. The molecule has 1 rings (SSSR count). The Morgan fingerprint density at radius 1 is 1.77 bits per heavy atom. The van der Waals surface area contributed by atoms with Gasteiger partial charge in [-0.3, -0.25) is 20.0 Å². The zero-order chi connectivity index (χ0) is 10.0. The van der Waals surface area contributed by atoms with Gasteiger partial charge in [0, 0.05) is 0 Å². The molecule has 0 radical (unpaired) electrons. The zero-order valence-corrected chi connectivity index (χ0v) is 7.46. The number of halogens is 1. The summed E-state index contributed by atoms with van der Waals surface area (Å²) >= 11 is 5.10. The van der Waals surface area contributed by atoms with Crippen LogP contribution in [0.25, 0.3) is 0 Å². The molecule has 0 aliphatic carbocycles. The molecule has 7 heteroatoms. The lowest BCUT2D eigenvalue weighted by molar-refractivity contribution is -0.385. The second kappa shape index (κ2) is 3.53. The van der Waals surface area contributed by atoms with Gasteiger partial charge >= 0.3 is 5.69 Å². The molecular formula is C6H6ClN3O3. The summed E-state index contributed by atoms with van der Waals surface area (Å²) in [5, 5.41) is 15.4. The molecule has 0 atom stereocenters. The van der Waals surface area contributed by atoms with Gasteiger partial charge in [0.05, 0.1) is 4.92 Å². The maximum atomic E-state index is 10.7. The van der Waals surface area contributed by atoms with Crippen molar-refractivity contribution in [1.82, 2.24) is 10.2 Å². The Morgan fingerprint density at radius 2 is 2.38 bits per heavy atom. The fourth-order valence-corrected chi connectivity index (χ4v) is 1.08. The molecule has 1 heterocycles. The van der Waals surface area contributed by atoms with Crippen molar-refractivity contribution in [2.24, 2.45) is 0 Å². The van der Waals surface area contributed by atoms with Gasteiger partial charge in [-0.05, 0) is 18.0 Å². The van der Waals surface area contributed by atoms with Gasteiger partial charge in [0.25, 0.3) is 5.24 Å². The summed E-state index contributed by atoms with van der Waals surface area (Å²) in [6, 6.07) is 0. The summed E-state index contributed by atoms with van der Waals surface area (Å²) in [4.78, 5) is 20.5. The fourth-order valence-electron chi connectivity index (χ4n) is 0.952. The molecule has 0 fully saturated rings. The quantitative estimate of drug-likeness (QED) is 0.455. The van der Waals surface area contributed by atoms with Crippen LogP contribution in [-0.4, -0.2) is 20.4 Å². The minimum atomic E-state index is -0.928. The Morgan fingerprint density at radius 3 is 2.77 bits per heavy atom. The fraction of sp³-hybridized carbons (Fsp3) is 0.333. The largest absolute Gasteiger partial charge is 0.322 e. The van der Waals surface area contributed by atoms with Crippen molar-refractivity contribution in [2.75, 3.05) is 0 Å². The Bertz CT molecular complexity index is 360. The van der Waals surface area contributed by atoms with Crippen molar-refractivity contribution >= 4 is 22.5 Å². The number of nitrogens with one attached hydrogen (secondary N) is 1. The van der Waals surface area contributed by atoms with E-state index in [0.29, 0.717) is 12.1 Å². The van der Waals surface area contributed by atoms with E-state index >= 15 is 0 Å². The van der Waals surface area contributed by atoms with Crippen LogP contribution in [0.1, 0.15) is 23.1 Å². The van der Waals surface area contributed by atoms with E-state index < -0.39 is 10.2 Å². The highest BCUT2D eigenvalue weighted by molar-refractivity contribution is 6.67. The normalized spacial score (nSPS) is 10.0. The van der Waals surface area contributed by atoms with Gasteiger partial charge in [-0.25, -0.2) is 0 Å². The highest BCUT2D eigenvalue weighted by Gasteiger charge is 2.26. The van der Waals surface area contributed by atoms with E-state index in [1.54, 1.807) is 6.92 Å². The topological polar surface area (TPSA) is 88.9 Å². The molecule has 0 bridgehead atoms. The molecule has 1 aromatic rings. The summed E-state index contributed by atoms with van der Waals surface area (Å²) in [6.07, 6.45) is 0.396. The summed E-state index contributed by atoms with van der Waals surface area (Å²) in [6.45, 7) is 1.71. The van der Waals surface area contributed by atoms with Crippen LogP contribution in [0.5, 0.6) is 0 Å². The van der Waals surface area contributed by atoms with Crippen LogP contribution in [-0.2, 0) is 6.42 Å². The van der Waals surface area contributed by atoms with E-state index in [1.165, 1.54) is 0 Å². The molecule has 0 aliphatic rings. The smallest absolute Gasteiger partial charge is 0.275 e. The first-order chi connectivity index (χ1) is 6.07. The number of carbonyl (C=O) groups excluding carboxylic acids is 1. The van der Waals surface area contributed by atoms with Crippen molar-refractivity contribution in [3.63, 3.8) is 0 Å². The number of nitrogens with zero attached hydrogens (tertiary/aromatic N) is 2. The molecule has 0 aromatic carbocycles. The van der Waals surface area contributed by atoms with Crippen LogP contribution < -0.4 is 0 Å². The van der Waals surface area contributed by atoms with Gasteiger partial charge < -0.3 is 0 Å². The van der Waals surface area contributed by atoms with E-state index in [0.717, 1.165) is 0 Å². The third-order valence-electron chi connectivity index (χ3n) is 1.54. The van der Waals surface area contributed by atoms with E-state index in [4.69, 9.17) is 11.6 Å². The molecule has 0 saturated carbocycles. The molecule has 1 aromatic heterocycles. The Kier molecular flexibility index (Phi) is 2.62. The highest BCUT2D eigenvalue weighted by atomic mass is 35.5. The predicted molar refractivity (Wildman–Crippen MR) is 44.8 cm³/mol. The highest BCUT2D eigenvalue weighted by Crippen LogP contribution is 2.22. The molecule has 13 heavy (non-hydrogen) atoms. The third kappa shape index (κ3) is 1.67. The molecule has 1 N–H and O–H groups in total. The lowest BCUT2D eigenvalue weighted by Crippen LogP contribution is -1.98. The first-order valence-corrected chi connectivity index (χ1v) is 3.87. The first-order valence-electron chi connectivity index (χ1n) is 3.49. The second-order valence-electron chi connectivity index (χ2n) is 2.28. The van der Waals surface area contributed by atoms with Crippen molar-refractivity contribution < 1.29 is 9.72 Å². The molecule has 0 spiro atoms. The molecule has 0 saturated heterocycles. The van der Waals surface area contributed by atoms with Crippen molar-refractivity contribution in [3.8, 4) is 0 Å². The number of hydrogen-bond donors (Lipinski definition) is 1. The number of hydrogen-bond acceptors (Lipinski definition) is 4. The number of H-pyrrole nitrogens is 1. The summed E-state index contributed by atoms with van der Waals surface area (Å²) in [5.41, 5.74) is -0.361. The van der Waals surface area contributed by atoms with Crippen molar-refractivity contribution in [2.45, 2.75) is 13.3 Å². The maximum Gasteiger partial charge on any atom is 0.322 e. The van der Waals surface area contributed by atoms with Crippen LogP contribution in [0.3, 0.4) is 0 Å². The Balaban J connectivity index is 3.30. The lowest BCUT2D eigenvalue weighted by atomic mass is 10.2. The van der Waals surface area contributed by atoms with E-state index in [-0.39, 0.29) is 11.4 Å². The predicted octanol–water partition coefficient (Wildman–Crippen LogP) is 1.26. The molecule has 6 nitrogen and oxygen atoms in total. The van der Waals surface area contributed by atoms with E-state index in [2.05, 4.69) is 10.2 Å². The number of rotatable bonds is 3. The third-order valence-corrected chi connectivity index (χ3v) is 1.71. The van der Waals surface area contributed by atoms with Crippen LogP contribution in [0.4, 0.5) is 5.69 Å². The SMILES string of the molecule is CCc1[nH]nc(C(=O)Cl)c1[N+](=O)[O-]. The lowest BCUT2D eigenvalue weighted by Gasteiger charge is -1.90. The summed E-state index contributed by atoms with van der Waals surface area (Å²) < 4.78 is 0. The Labute approximate surface area is 78.0 Å². The van der Waals surface area contributed by atoms with Crippen molar-refractivity contribution in [3.05, 3.63) is 21.5 Å². The van der Waals surface area contributed by atoms with Crippen LogP contribution in [0.15, 0.2) is 0 Å². The minimum Gasteiger partial charge on any atom is -0.275 e. The second-order valence-corrected chi connectivity index (χ2v) is 2.63. The summed E-state index contributed by atoms with van der Waals surface area (Å²) in [5.74, 6) is 0. The van der Waals surface area contributed by atoms with Gasteiger partial charge in [0.15, 0.2) is 0 Å². The average Bonchev–Trinajstić information content (AvgIpc) is 2.46. The van der Waals surface area contributed by atoms with Gasteiger partial charge in [-0.1, -0.05) is 6.92 Å². The van der Waals surface area contributed by atoms with Gasteiger partial charge in [0.2, 0.25) is 5.69 Å². The number of aromatic nitrogens is 2. The monoisotopic (exact) mass is 203 g/mol. The number of aromatic amines is 1. The average molecular weight is 204 g/mol. The zero-order valence-electron chi connectivity index (χ0n) is 6.70. The van der Waals surface area contributed by atoms with Gasteiger partial charge in [-0.2, -0.15) is 5.10 Å². The Hall–Kier alpha value is -1.43. The number of nitro groups is 1. The van der Waals surface area contributed by atoms with Crippen LogP contribution >= 0.6 is 11.6 Å². The molecule has 70 valence electrons. The molecule has 0 unspecified atom stereocenters. The molecule has 0 amide bonds. The van der Waals surface area contributed by atoms with Crippen LogP contribution in [0, 0.1) is 10.1 Å². The number of carbonyl (C=O) groups is 1. The van der Waals surface area contributed by atoms with E-state index in [1.807, 2.05) is 0 Å². The van der Waals surface area contributed by atoms with Gasteiger partial charge in [-0.15, -0.1) is 0 Å². The van der Waals surface area contributed by atoms with Crippen LogP contribution in [0.2, 0.25) is 0 Å². The van der Waals surface area contributed by atoms with Crippen molar-refractivity contribution in [1.29, 1.82) is 0 Å². The van der Waals surface area contributed by atoms with E-state index in [9.17, 15) is 14.9 Å². The minimum absolute atomic E-state index is 0.300. The molecule has 0 aliphatic heterocycles. The first kappa shape index (κ1) is 9.66. The summed E-state index contributed by atoms with van der Waals surface area (Å²) in [7, 11) is 0. The standard InChI is InChI=1S/C6H6ClN3O3/c1-2-3-5(10(12)13)4(6(7)11)9-8-3/h2H2,1H3,(H,8,9). The molecular weight excluding hydrogens is 198 g/mol. The number of aryl methyl sites for hydroxylation is 1.